The van der Waals surface area contributed by atoms with Gasteiger partial charge in [-0.2, -0.15) is 0 Å². The van der Waals surface area contributed by atoms with Crippen LogP contribution in [-0.4, -0.2) is 20.8 Å². The van der Waals surface area contributed by atoms with Crippen molar-refractivity contribution < 1.29 is 4.74 Å². The van der Waals surface area contributed by atoms with Crippen molar-refractivity contribution in [1.82, 2.24) is 5.32 Å². The Labute approximate surface area is 107 Å². The SMILES string of the molecule is CNC(COC)c1cc(I)ccc1Br. The van der Waals surface area contributed by atoms with E-state index in [-0.39, 0.29) is 6.04 Å². The average molecular weight is 370 g/mol. The number of hydrogen-bond acceptors (Lipinski definition) is 2. The Morgan fingerprint density at radius 2 is 2.29 bits per heavy atom. The molecular formula is C10H13BrINO. The fraction of sp³-hybridized carbons (Fsp3) is 0.400. The molecule has 1 aromatic carbocycles. The van der Waals surface area contributed by atoms with Crippen molar-refractivity contribution in [3.63, 3.8) is 0 Å². The number of nitrogens with one attached hydrogen (secondary N) is 1. The summed E-state index contributed by atoms with van der Waals surface area (Å²) in [6.45, 7) is 0.676. The van der Waals surface area contributed by atoms with E-state index in [9.17, 15) is 0 Å². The first-order valence-electron chi connectivity index (χ1n) is 4.30. The van der Waals surface area contributed by atoms with Crippen LogP contribution in [0.1, 0.15) is 11.6 Å². The van der Waals surface area contributed by atoms with E-state index in [1.807, 2.05) is 7.05 Å². The predicted molar refractivity (Wildman–Crippen MR) is 70.5 cm³/mol. The normalized spacial score (nSPS) is 12.9. The number of rotatable bonds is 4. The Bertz CT molecular complexity index is 306. The maximum absolute atomic E-state index is 5.16. The van der Waals surface area contributed by atoms with E-state index in [1.54, 1.807) is 7.11 Å². The van der Waals surface area contributed by atoms with Gasteiger partial charge in [0, 0.05) is 15.2 Å². The molecule has 78 valence electrons. The molecule has 0 aliphatic heterocycles. The molecule has 0 spiro atoms. The van der Waals surface area contributed by atoms with Crippen LogP contribution < -0.4 is 5.32 Å². The second kappa shape index (κ2) is 6.05. The Hall–Kier alpha value is 0.350. The van der Waals surface area contributed by atoms with Gasteiger partial charge >= 0.3 is 0 Å². The lowest BCUT2D eigenvalue weighted by Crippen LogP contribution is -2.21. The summed E-state index contributed by atoms with van der Waals surface area (Å²) < 4.78 is 7.51. The molecule has 0 saturated heterocycles. The van der Waals surface area contributed by atoms with E-state index in [4.69, 9.17) is 4.74 Å². The van der Waals surface area contributed by atoms with E-state index >= 15 is 0 Å². The first-order valence-corrected chi connectivity index (χ1v) is 6.17. The van der Waals surface area contributed by atoms with Crippen molar-refractivity contribution in [3.8, 4) is 0 Å². The van der Waals surface area contributed by atoms with Gasteiger partial charge < -0.3 is 10.1 Å². The number of halogens is 2. The molecule has 0 fully saturated rings. The number of benzene rings is 1. The largest absolute Gasteiger partial charge is 0.383 e. The van der Waals surface area contributed by atoms with Crippen LogP contribution in [0, 0.1) is 3.57 Å². The molecule has 0 saturated carbocycles. The molecule has 14 heavy (non-hydrogen) atoms. The van der Waals surface area contributed by atoms with Gasteiger partial charge in [-0.15, -0.1) is 0 Å². The summed E-state index contributed by atoms with van der Waals surface area (Å²) in [5.74, 6) is 0. The first-order chi connectivity index (χ1) is 6.69. The first kappa shape index (κ1) is 12.4. The quantitative estimate of drug-likeness (QED) is 0.824. The van der Waals surface area contributed by atoms with Crippen LogP contribution in [0.4, 0.5) is 0 Å². The summed E-state index contributed by atoms with van der Waals surface area (Å²) in [5.41, 5.74) is 1.24. The highest BCUT2D eigenvalue weighted by Gasteiger charge is 2.12. The Morgan fingerprint density at radius 3 is 2.86 bits per heavy atom. The van der Waals surface area contributed by atoms with Crippen LogP contribution in [0.2, 0.25) is 0 Å². The van der Waals surface area contributed by atoms with Crippen LogP contribution in [-0.2, 0) is 4.74 Å². The molecule has 0 heterocycles. The zero-order valence-corrected chi connectivity index (χ0v) is 11.9. The minimum Gasteiger partial charge on any atom is -0.383 e. The van der Waals surface area contributed by atoms with Crippen LogP contribution in [0.25, 0.3) is 0 Å². The fourth-order valence-electron chi connectivity index (χ4n) is 1.28. The van der Waals surface area contributed by atoms with E-state index in [0.29, 0.717) is 6.61 Å². The highest BCUT2D eigenvalue weighted by atomic mass is 127. The minimum absolute atomic E-state index is 0.240. The Kier molecular flexibility index (Phi) is 5.36. The molecule has 0 aliphatic carbocycles. The number of methoxy groups -OCH3 is 1. The molecule has 1 unspecified atom stereocenters. The lowest BCUT2D eigenvalue weighted by molar-refractivity contribution is 0.170. The lowest BCUT2D eigenvalue weighted by Gasteiger charge is -2.17. The van der Waals surface area contributed by atoms with Crippen molar-refractivity contribution in [2.45, 2.75) is 6.04 Å². The maximum atomic E-state index is 5.16. The van der Waals surface area contributed by atoms with E-state index in [1.165, 1.54) is 9.13 Å². The fourth-order valence-corrected chi connectivity index (χ4v) is 2.32. The third-order valence-corrected chi connectivity index (χ3v) is 3.41. The molecule has 0 amide bonds. The summed E-state index contributed by atoms with van der Waals surface area (Å²) in [7, 11) is 3.65. The molecule has 1 N–H and O–H groups in total. The van der Waals surface area contributed by atoms with Gasteiger partial charge in [0.15, 0.2) is 0 Å². The van der Waals surface area contributed by atoms with Gasteiger partial charge in [0.1, 0.15) is 0 Å². The van der Waals surface area contributed by atoms with Crippen LogP contribution in [0.15, 0.2) is 22.7 Å². The zero-order valence-electron chi connectivity index (χ0n) is 8.18. The van der Waals surface area contributed by atoms with Gasteiger partial charge in [0.25, 0.3) is 0 Å². The molecule has 2 nitrogen and oxygen atoms in total. The molecule has 4 heteroatoms. The predicted octanol–water partition coefficient (Wildman–Crippen LogP) is 2.96. The van der Waals surface area contributed by atoms with Gasteiger partial charge in [-0.05, 0) is 53.4 Å². The molecule has 0 radical (unpaired) electrons. The van der Waals surface area contributed by atoms with Crippen molar-refractivity contribution in [2.24, 2.45) is 0 Å². The van der Waals surface area contributed by atoms with Crippen molar-refractivity contribution in [2.75, 3.05) is 20.8 Å². The van der Waals surface area contributed by atoms with E-state index < -0.39 is 0 Å². The summed E-state index contributed by atoms with van der Waals surface area (Å²) in [5, 5.41) is 3.23. The highest BCUT2D eigenvalue weighted by molar-refractivity contribution is 14.1. The monoisotopic (exact) mass is 369 g/mol. The number of ether oxygens (including phenoxy) is 1. The highest BCUT2D eigenvalue weighted by Crippen LogP contribution is 2.25. The summed E-state index contributed by atoms with van der Waals surface area (Å²) in [6.07, 6.45) is 0. The minimum atomic E-state index is 0.240. The molecule has 1 aromatic rings. The Balaban J connectivity index is 2.96. The smallest absolute Gasteiger partial charge is 0.0658 e. The zero-order chi connectivity index (χ0) is 10.6. The van der Waals surface area contributed by atoms with Crippen molar-refractivity contribution >= 4 is 38.5 Å². The summed E-state index contributed by atoms with van der Waals surface area (Å²) in [4.78, 5) is 0. The van der Waals surface area contributed by atoms with Gasteiger partial charge in [-0.3, -0.25) is 0 Å². The number of likely N-dealkylation sites (N-methyl/N-ethyl adjacent to an activating group) is 1. The third-order valence-electron chi connectivity index (χ3n) is 2.02. The lowest BCUT2D eigenvalue weighted by atomic mass is 10.1. The van der Waals surface area contributed by atoms with Gasteiger partial charge in [-0.1, -0.05) is 15.9 Å². The second-order valence-electron chi connectivity index (χ2n) is 2.96. The molecule has 1 atom stereocenters. The van der Waals surface area contributed by atoms with Crippen LogP contribution in [0.5, 0.6) is 0 Å². The van der Waals surface area contributed by atoms with E-state index in [0.717, 1.165) is 4.47 Å². The van der Waals surface area contributed by atoms with Gasteiger partial charge in [0.05, 0.1) is 12.6 Å². The second-order valence-corrected chi connectivity index (χ2v) is 5.06. The maximum Gasteiger partial charge on any atom is 0.0658 e. The topological polar surface area (TPSA) is 21.3 Å². The molecule has 0 aliphatic rings. The van der Waals surface area contributed by atoms with E-state index in [2.05, 4.69) is 62.0 Å². The summed E-state index contributed by atoms with van der Waals surface area (Å²) in [6, 6.07) is 6.54. The Morgan fingerprint density at radius 1 is 1.57 bits per heavy atom. The van der Waals surface area contributed by atoms with Crippen LogP contribution in [0.3, 0.4) is 0 Å². The van der Waals surface area contributed by atoms with Gasteiger partial charge in [-0.25, -0.2) is 0 Å². The average Bonchev–Trinajstić information content (AvgIpc) is 2.18. The van der Waals surface area contributed by atoms with Crippen molar-refractivity contribution in [1.29, 1.82) is 0 Å². The third kappa shape index (κ3) is 3.18. The summed E-state index contributed by atoms with van der Waals surface area (Å²) >= 11 is 5.85. The molecular weight excluding hydrogens is 357 g/mol. The van der Waals surface area contributed by atoms with Crippen molar-refractivity contribution in [3.05, 3.63) is 31.8 Å². The molecule has 1 rings (SSSR count). The van der Waals surface area contributed by atoms with Gasteiger partial charge in [0.2, 0.25) is 0 Å². The number of hydrogen-bond donors (Lipinski definition) is 1. The molecule has 0 aromatic heterocycles. The molecule has 0 bridgehead atoms. The standard InChI is InChI=1S/C10H13BrINO/c1-13-10(6-14-2)8-5-7(12)3-4-9(8)11/h3-5,10,13H,6H2,1-2H3. The van der Waals surface area contributed by atoms with Crippen LogP contribution >= 0.6 is 38.5 Å².